The molecule has 0 radical (unpaired) electrons. The maximum atomic E-state index is 13.2. The second-order valence-electron chi connectivity index (χ2n) is 10.0. The Morgan fingerprint density at radius 2 is 1.83 bits per heavy atom. The lowest BCUT2D eigenvalue weighted by Crippen LogP contribution is -2.46. The summed E-state index contributed by atoms with van der Waals surface area (Å²) in [7, 11) is 3.20. The number of ether oxygens (including phenoxy) is 2. The van der Waals surface area contributed by atoms with Gasteiger partial charge in [0.1, 0.15) is 5.78 Å². The summed E-state index contributed by atoms with van der Waals surface area (Å²) in [5.41, 5.74) is 1.57. The highest BCUT2D eigenvalue weighted by molar-refractivity contribution is 5.85. The minimum absolute atomic E-state index is 0.0208. The first-order valence-electron chi connectivity index (χ1n) is 12.8. The number of carbonyl (C=O) groups excluding carboxylic acids is 3. The van der Waals surface area contributed by atoms with Gasteiger partial charge in [-0.05, 0) is 55.4 Å². The fourth-order valence-corrected chi connectivity index (χ4v) is 5.48. The molecular formula is C29H36N2O5. The fraction of sp³-hybridized carbons (Fsp3) is 0.483. The highest BCUT2D eigenvalue weighted by atomic mass is 16.5. The van der Waals surface area contributed by atoms with E-state index in [-0.39, 0.29) is 23.5 Å². The van der Waals surface area contributed by atoms with Crippen LogP contribution in [0.3, 0.4) is 0 Å². The van der Waals surface area contributed by atoms with Gasteiger partial charge in [-0.25, -0.2) is 0 Å². The first kappa shape index (κ1) is 25.7. The first-order chi connectivity index (χ1) is 17.4. The van der Waals surface area contributed by atoms with Crippen LogP contribution in [0.25, 0.3) is 0 Å². The van der Waals surface area contributed by atoms with Crippen molar-refractivity contribution in [3.05, 3.63) is 59.7 Å². The van der Waals surface area contributed by atoms with Crippen LogP contribution in [0.1, 0.15) is 49.7 Å². The van der Waals surface area contributed by atoms with E-state index in [0.717, 1.165) is 24.0 Å². The van der Waals surface area contributed by atoms with E-state index in [4.69, 9.17) is 9.47 Å². The Hall–Kier alpha value is -3.35. The number of hydrogen-bond donors (Lipinski definition) is 1. The molecular weight excluding hydrogens is 456 g/mol. The zero-order valence-electron chi connectivity index (χ0n) is 21.3. The third kappa shape index (κ3) is 6.25. The molecule has 2 heterocycles. The SMILES string of the molecule is COc1ccc(C[C@]2(CCC(=O)N3CCC[C@H](C(=O)Cc4ccccc4)C3)CCC(=O)N2)cc1OC. The maximum Gasteiger partial charge on any atom is 0.222 e. The molecule has 7 nitrogen and oxygen atoms in total. The molecule has 2 aromatic rings. The van der Waals surface area contributed by atoms with Gasteiger partial charge in [-0.2, -0.15) is 0 Å². The molecule has 2 aromatic carbocycles. The van der Waals surface area contributed by atoms with E-state index in [1.165, 1.54) is 0 Å². The average molecular weight is 493 g/mol. The number of methoxy groups -OCH3 is 2. The van der Waals surface area contributed by atoms with Crippen molar-refractivity contribution in [2.45, 2.75) is 56.9 Å². The summed E-state index contributed by atoms with van der Waals surface area (Å²) in [6, 6.07) is 15.5. The van der Waals surface area contributed by atoms with Crippen LogP contribution in [-0.2, 0) is 27.2 Å². The van der Waals surface area contributed by atoms with Crippen LogP contribution < -0.4 is 14.8 Å². The predicted molar refractivity (Wildman–Crippen MR) is 137 cm³/mol. The molecule has 0 aromatic heterocycles. The van der Waals surface area contributed by atoms with Crippen molar-refractivity contribution in [2.24, 2.45) is 5.92 Å². The predicted octanol–water partition coefficient (Wildman–Crippen LogP) is 3.73. The Balaban J connectivity index is 1.37. The summed E-state index contributed by atoms with van der Waals surface area (Å²) in [4.78, 5) is 40.1. The van der Waals surface area contributed by atoms with Crippen molar-refractivity contribution in [3.8, 4) is 11.5 Å². The number of rotatable bonds is 10. The maximum absolute atomic E-state index is 13.2. The molecule has 0 spiro atoms. The summed E-state index contributed by atoms with van der Waals surface area (Å²) >= 11 is 0. The Bertz CT molecular complexity index is 1090. The largest absolute Gasteiger partial charge is 0.493 e. The monoisotopic (exact) mass is 492 g/mol. The molecule has 4 rings (SSSR count). The molecule has 0 aliphatic carbocycles. The lowest BCUT2D eigenvalue weighted by atomic mass is 9.84. The quantitative estimate of drug-likeness (QED) is 0.546. The number of nitrogens with zero attached hydrogens (tertiary/aromatic N) is 1. The van der Waals surface area contributed by atoms with Crippen molar-refractivity contribution >= 4 is 17.6 Å². The van der Waals surface area contributed by atoms with Gasteiger partial charge in [-0.1, -0.05) is 36.4 Å². The van der Waals surface area contributed by atoms with Crippen molar-refractivity contribution in [1.82, 2.24) is 10.2 Å². The van der Waals surface area contributed by atoms with E-state index < -0.39 is 5.54 Å². The van der Waals surface area contributed by atoms with Crippen LogP contribution in [0.2, 0.25) is 0 Å². The van der Waals surface area contributed by atoms with Crippen LogP contribution in [0.15, 0.2) is 48.5 Å². The van der Waals surface area contributed by atoms with E-state index >= 15 is 0 Å². The molecule has 36 heavy (non-hydrogen) atoms. The van der Waals surface area contributed by atoms with Crippen molar-refractivity contribution in [1.29, 1.82) is 0 Å². The van der Waals surface area contributed by atoms with Crippen LogP contribution in [-0.4, -0.2) is 55.3 Å². The van der Waals surface area contributed by atoms with Gasteiger partial charge >= 0.3 is 0 Å². The molecule has 0 unspecified atom stereocenters. The molecule has 2 fully saturated rings. The van der Waals surface area contributed by atoms with E-state index in [2.05, 4.69) is 5.32 Å². The number of amides is 2. The van der Waals surface area contributed by atoms with Crippen molar-refractivity contribution in [3.63, 3.8) is 0 Å². The molecule has 2 saturated heterocycles. The van der Waals surface area contributed by atoms with E-state index in [0.29, 0.717) is 63.1 Å². The number of carbonyl (C=O) groups is 3. The van der Waals surface area contributed by atoms with Crippen LogP contribution >= 0.6 is 0 Å². The normalized spacial score (nSPS) is 21.7. The highest BCUT2D eigenvalue weighted by Gasteiger charge is 2.39. The molecule has 0 saturated carbocycles. The molecule has 7 heteroatoms. The Morgan fingerprint density at radius 1 is 1.06 bits per heavy atom. The molecule has 2 aliphatic heterocycles. The van der Waals surface area contributed by atoms with E-state index in [9.17, 15) is 14.4 Å². The van der Waals surface area contributed by atoms with Crippen LogP contribution in [0.5, 0.6) is 11.5 Å². The number of nitrogens with one attached hydrogen (secondary N) is 1. The van der Waals surface area contributed by atoms with Crippen LogP contribution in [0.4, 0.5) is 0 Å². The molecule has 2 atom stereocenters. The third-order valence-corrected chi connectivity index (χ3v) is 7.49. The minimum Gasteiger partial charge on any atom is -0.493 e. The molecule has 0 bridgehead atoms. The zero-order valence-corrected chi connectivity index (χ0v) is 21.3. The fourth-order valence-electron chi connectivity index (χ4n) is 5.48. The molecule has 2 amide bonds. The number of benzene rings is 2. The number of likely N-dealkylation sites (tertiary alicyclic amines) is 1. The van der Waals surface area contributed by atoms with E-state index in [1.54, 1.807) is 14.2 Å². The van der Waals surface area contributed by atoms with Gasteiger partial charge in [0.25, 0.3) is 0 Å². The lowest BCUT2D eigenvalue weighted by molar-refractivity contribution is -0.135. The standard InChI is InChI=1S/C29H36N2O5/c1-35-25-11-10-22(18-26(25)36-2)19-29(14-12-27(33)30-29)15-13-28(34)31-16-6-9-23(20-31)24(32)17-21-7-4-3-5-8-21/h3-5,7-8,10-11,18,23H,6,9,12-17,19-20H2,1-2H3,(H,30,33)/t23-,29+/m0/s1. The van der Waals surface area contributed by atoms with Gasteiger partial charge in [0.2, 0.25) is 11.8 Å². The Morgan fingerprint density at radius 3 is 2.53 bits per heavy atom. The second-order valence-corrected chi connectivity index (χ2v) is 10.0. The number of Topliss-reactive ketones (excluding diaryl/α,β-unsaturated/α-hetero) is 1. The van der Waals surface area contributed by atoms with Gasteiger partial charge in [-0.3, -0.25) is 14.4 Å². The minimum atomic E-state index is -0.468. The van der Waals surface area contributed by atoms with Gasteiger partial charge in [0.05, 0.1) is 14.2 Å². The van der Waals surface area contributed by atoms with E-state index in [1.807, 2.05) is 53.4 Å². The summed E-state index contributed by atoms with van der Waals surface area (Å²) in [5.74, 6) is 1.46. The highest BCUT2D eigenvalue weighted by Crippen LogP contribution is 2.34. The lowest BCUT2D eigenvalue weighted by Gasteiger charge is -2.34. The zero-order chi connectivity index (χ0) is 25.5. The van der Waals surface area contributed by atoms with Gasteiger partial charge < -0.3 is 19.7 Å². The molecule has 1 N–H and O–H groups in total. The summed E-state index contributed by atoms with van der Waals surface area (Å²) < 4.78 is 10.8. The Labute approximate surface area is 213 Å². The second kappa shape index (κ2) is 11.6. The number of hydrogen-bond acceptors (Lipinski definition) is 5. The van der Waals surface area contributed by atoms with Gasteiger partial charge in [0, 0.05) is 43.8 Å². The number of piperidine rings is 1. The van der Waals surface area contributed by atoms with Gasteiger partial charge in [-0.15, -0.1) is 0 Å². The van der Waals surface area contributed by atoms with Crippen molar-refractivity contribution in [2.75, 3.05) is 27.3 Å². The summed E-state index contributed by atoms with van der Waals surface area (Å²) in [5, 5.41) is 3.16. The Kier molecular flexibility index (Phi) is 8.28. The average Bonchev–Trinajstić information content (AvgIpc) is 3.27. The first-order valence-corrected chi connectivity index (χ1v) is 12.8. The summed E-state index contributed by atoms with van der Waals surface area (Å²) in [6.45, 7) is 1.17. The molecule has 192 valence electrons. The van der Waals surface area contributed by atoms with Crippen molar-refractivity contribution < 1.29 is 23.9 Å². The van der Waals surface area contributed by atoms with Crippen LogP contribution in [0, 0.1) is 5.92 Å². The summed E-state index contributed by atoms with van der Waals surface area (Å²) in [6.07, 6.45) is 4.74. The molecule has 2 aliphatic rings. The topological polar surface area (TPSA) is 84.9 Å². The smallest absolute Gasteiger partial charge is 0.222 e. The van der Waals surface area contributed by atoms with Gasteiger partial charge in [0.15, 0.2) is 11.5 Å². The number of ketones is 1. The third-order valence-electron chi connectivity index (χ3n) is 7.49.